The van der Waals surface area contributed by atoms with E-state index in [2.05, 4.69) is 15.1 Å². The molecular weight excluding hydrogens is 306 g/mol. The largest absolute Gasteiger partial charge is 0.409 e. The van der Waals surface area contributed by atoms with Crippen LogP contribution in [0.15, 0.2) is 59.8 Å². The number of benzene rings is 2. The van der Waals surface area contributed by atoms with Crippen molar-refractivity contribution >= 4 is 32.3 Å². The Balaban J connectivity index is 2.30. The number of nitrogens with zero attached hydrogens (tertiary/aromatic N) is 3. The molecule has 0 aliphatic carbocycles. The highest BCUT2D eigenvalue weighted by Crippen LogP contribution is 2.30. The minimum Gasteiger partial charge on any atom is -0.409 e. The van der Waals surface area contributed by atoms with Gasteiger partial charge in [-0.25, -0.2) is 9.97 Å². The van der Waals surface area contributed by atoms with Crippen LogP contribution in [0, 0.1) is 6.92 Å². The Labute approximate surface area is 136 Å². The van der Waals surface area contributed by atoms with Crippen molar-refractivity contribution in [2.24, 2.45) is 5.16 Å². The molecule has 0 bridgehead atoms. The number of hydrogen-bond acceptors (Lipinski definition) is 5. The van der Waals surface area contributed by atoms with E-state index in [4.69, 9.17) is 0 Å². The van der Waals surface area contributed by atoms with Gasteiger partial charge in [0.25, 0.3) is 0 Å². The summed E-state index contributed by atoms with van der Waals surface area (Å²) in [6, 6.07) is 17.9. The smallest absolute Gasteiger partial charge is 0.211 e. The number of aromatic nitrogens is 2. The fraction of sp³-hybridized carbons (Fsp3) is 0.0556. The summed E-state index contributed by atoms with van der Waals surface area (Å²) in [5.74, 6) is 0. The van der Waals surface area contributed by atoms with Crippen LogP contribution in [-0.4, -0.2) is 15.2 Å². The summed E-state index contributed by atoms with van der Waals surface area (Å²) in [6.07, 6.45) is 0. The van der Waals surface area contributed by atoms with Gasteiger partial charge < -0.3 is 5.21 Å². The van der Waals surface area contributed by atoms with E-state index in [9.17, 15) is 5.21 Å². The van der Waals surface area contributed by atoms with Crippen molar-refractivity contribution < 1.29 is 5.21 Å². The first-order chi connectivity index (χ1) is 11.3. The predicted molar refractivity (Wildman–Crippen MR) is 92.4 cm³/mol. The first-order valence-electron chi connectivity index (χ1n) is 7.21. The van der Waals surface area contributed by atoms with Gasteiger partial charge in [0.05, 0.1) is 16.2 Å². The molecule has 2 heterocycles. The lowest BCUT2D eigenvalue weighted by atomic mass is 10.1. The third kappa shape index (κ3) is 2.26. The zero-order valence-corrected chi connectivity index (χ0v) is 13.2. The van der Waals surface area contributed by atoms with Crippen LogP contribution >= 0.6 is 11.3 Å². The first kappa shape index (κ1) is 13.8. The Morgan fingerprint density at radius 1 is 0.913 bits per heavy atom. The van der Waals surface area contributed by atoms with Crippen LogP contribution in [0.5, 0.6) is 0 Å². The standard InChI is InChI=1S/C18H13N3OS/c1-11-19-16-14-10-6-5-9-13(14)15(12-7-3-2-4-8-12)20-18(21-22)17(16)23-11/h2-10,22H,1H3/b21-18-. The fourth-order valence-corrected chi connectivity index (χ4v) is 3.62. The van der Waals surface area contributed by atoms with Gasteiger partial charge in [0.15, 0.2) is 0 Å². The van der Waals surface area contributed by atoms with Gasteiger partial charge in [0.1, 0.15) is 4.70 Å². The highest BCUT2D eigenvalue weighted by Gasteiger charge is 2.12. The van der Waals surface area contributed by atoms with Crippen molar-refractivity contribution in [1.29, 1.82) is 0 Å². The van der Waals surface area contributed by atoms with Crippen LogP contribution in [-0.2, 0) is 0 Å². The van der Waals surface area contributed by atoms with Gasteiger partial charge in [0, 0.05) is 16.3 Å². The second-order valence-electron chi connectivity index (χ2n) is 5.21. The summed E-state index contributed by atoms with van der Waals surface area (Å²) >= 11 is 1.49. The Morgan fingerprint density at radius 2 is 1.61 bits per heavy atom. The van der Waals surface area contributed by atoms with Crippen LogP contribution in [0.2, 0.25) is 0 Å². The lowest BCUT2D eigenvalue weighted by Gasteiger charge is -2.01. The quantitative estimate of drug-likeness (QED) is 0.424. The average molecular weight is 319 g/mol. The molecule has 4 rings (SSSR count). The molecule has 0 spiro atoms. The molecule has 112 valence electrons. The van der Waals surface area contributed by atoms with E-state index < -0.39 is 0 Å². The van der Waals surface area contributed by atoms with Gasteiger partial charge in [-0.1, -0.05) is 59.8 Å². The second kappa shape index (κ2) is 5.44. The van der Waals surface area contributed by atoms with Crippen LogP contribution < -0.4 is 5.49 Å². The lowest BCUT2D eigenvalue weighted by Crippen LogP contribution is -2.04. The number of aryl methyl sites for hydroxylation is 1. The minimum absolute atomic E-state index is 0.306. The van der Waals surface area contributed by atoms with Crippen molar-refractivity contribution in [2.75, 3.05) is 0 Å². The minimum atomic E-state index is 0.306. The summed E-state index contributed by atoms with van der Waals surface area (Å²) in [5.41, 5.74) is 2.90. The summed E-state index contributed by atoms with van der Waals surface area (Å²) in [7, 11) is 0. The maximum atomic E-state index is 9.48. The molecule has 4 aromatic rings. The van der Waals surface area contributed by atoms with Gasteiger partial charge in [-0.3, -0.25) is 0 Å². The first-order valence-corrected chi connectivity index (χ1v) is 8.03. The van der Waals surface area contributed by atoms with E-state index in [1.165, 1.54) is 11.3 Å². The van der Waals surface area contributed by atoms with E-state index in [1.54, 1.807) is 0 Å². The average Bonchev–Trinajstić information content (AvgIpc) is 2.93. The van der Waals surface area contributed by atoms with Gasteiger partial charge in [-0.05, 0) is 6.92 Å². The molecule has 23 heavy (non-hydrogen) atoms. The van der Waals surface area contributed by atoms with Crippen LogP contribution in [0.25, 0.3) is 32.2 Å². The van der Waals surface area contributed by atoms with Gasteiger partial charge in [-0.2, -0.15) is 0 Å². The predicted octanol–water partition coefficient (Wildman–Crippen LogP) is 4.11. The molecule has 0 unspecified atom stereocenters. The van der Waals surface area contributed by atoms with Gasteiger partial charge >= 0.3 is 0 Å². The van der Waals surface area contributed by atoms with E-state index in [1.807, 2.05) is 61.5 Å². The van der Waals surface area contributed by atoms with E-state index in [-0.39, 0.29) is 0 Å². The molecule has 0 radical (unpaired) electrons. The fourth-order valence-electron chi connectivity index (χ4n) is 2.76. The summed E-state index contributed by atoms with van der Waals surface area (Å²) in [4.78, 5) is 9.28. The third-order valence-corrected chi connectivity index (χ3v) is 4.70. The van der Waals surface area contributed by atoms with Crippen LogP contribution in [0.3, 0.4) is 0 Å². The highest BCUT2D eigenvalue weighted by molar-refractivity contribution is 7.18. The van der Waals surface area contributed by atoms with Crippen LogP contribution in [0.4, 0.5) is 0 Å². The Bertz CT molecular complexity index is 1090. The third-order valence-electron chi connectivity index (χ3n) is 3.73. The molecule has 0 saturated heterocycles. The maximum Gasteiger partial charge on any atom is 0.211 e. The lowest BCUT2D eigenvalue weighted by molar-refractivity contribution is 0.300. The molecule has 0 atom stereocenters. The normalized spacial score (nSPS) is 12.1. The molecule has 2 aromatic carbocycles. The van der Waals surface area contributed by atoms with Crippen molar-refractivity contribution in [2.45, 2.75) is 6.92 Å². The maximum absolute atomic E-state index is 9.48. The van der Waals surface area contributed by atoms with Crippen molar-refractivity contribution in [3.05, 3.63) is 65.1 Å². The summed E-state index contributed by atoms with van der Waals surface area (Å²) < 4.78 is 0.795. The molecule has 0 aliphatic heterocycles. The summed E-state index contributed by atoms with van der Waals surface area (Å²) in [5, 5.41) is 15.8. The SMILES string of the molecule is Cc1nc2c(s1)/c(=N/O)nc(-c1ccccc1)c1ccccc12. The van der Waals surface area contributed by atoms with Gasteiger partial charge in [-0.15, -0.1) is 11.3 Å². The van der Waals surface area contributed by atoms with Crippen molar-refractivity contribution in [3.63, 3.8) is 0 Å². The molecule has 1 N–H and O–H groups in total. The number of hydrogen-bond donors (Lipinski definition) is 1. The van der Waals surface area contributed by atoms with E-state index in [0.717, 1.165) is 37.3 Å². The topological polar surface area (TPSA) is 58.4 Å². The van der Waals surface area contributed by atoms with E-state index >= 15 is 0 Å². The van der Waals surface area contributed by atoms with Crippen molar-refractivity contribution in [3.8, 4) is 11.3 Å². The van der Waals surface area contributed by atoms with Crippen LogP contribution in [0.1, 0.15) is 5.01 Å². The van der Waals surface area contributed by atoms with E-state index in [0.29, 0.717) is 5.49 Å². The molecule has 0 saturated carbocycles. The summed E-state index contributed by atoms with van der Waals surface area (Å²) in [6.45, 7) is 1.94. The van der Waals surface area contributed by atoms with Gasteiger partial charge in [0.2, 0.25) is 5.49 Å². The molecule has 4 nitrogen and oxygen atoms in total. The monoisotopic (exact) mass is 319 g/mol. The number of thiazole rings is 1. The van der Waals surface area contributed by atoms with Crippen molar-refractivity contribution in [1.82, 2.24) is 9.97 Å². The molecular formula is C18H13N3OS. The Hall–Kier alpha value is -2.79. The molecule has 2 aromatic heterocycles. The Morgan fingerprint density at radius 3 is 2.35 bits per heavy atom. The molecule has 5 heteroatoms. The molecule has 0 aliphatic rings. The zero-order valence-electron chi connectivity index (χ0n) is 12.4. The number of rotatable bonds is 1. The Kier molecular flexibility index (Phi) is 3.28. The zero-order chi connectivity index (χ0) is 15.8. The molecule has 0 fully saturated rings. The molecule has 0 amide bonds. The number of fused-ring (bicyclic) bond motifs is 3. The highest BCUT2D eigenvalue weighted by atomic mass is 32.1. The second-order valence-corrected chi connectivity index (χ2v) is 6.41.